The summed E-state index contributed by atoms with van der Waals surface area (Å²) in [4.78, 5) is 11.0. The molecule has 2 rings (SSSR count). The maximum absolute atomic E-state index is 6.09. The van der Waals surface area contributed by atoms with E-state index in [-0.39, 0.29) is 24.0 Å². The predicted octanol–water partition coefficient (Wildman–Crippen LogP) is 3.46. The van der Waals surface area contributed by atoms with E-state index in [0.29, 0.717) is 28.4 Å². The van der Waals surface area contributed by atoms with E-state index in [0.717, 1.165) is 38.4 Å². The minimum atomic E-state index is 0. The summed E-state index contributed by atoms with van der Waals surface area (Å²) in [5, 5.41) is 11.1. The maximum atomic E-state index is 6.09. The molecule has 0 saturated carbocycles. The number of pyridine rings is 1. The van der Waals surface area contributed by atoms with Crippen LogP contribution in [0.25, 0.3) is 0 Å². The van der Waals surface area contributed by atoms with Crippen LogP contribution in [0.4, 0.5) is 5.82 Å². The first-order chi connectivity index (χ1) is 12.1. The number of likely N-dealkylation sites (tertiary alicyclic amines) is 1. The van der Waals surface area contributed by atoms with E-state index < -0.39 is 0 Å². The molecule has 0 amide bonds. The van der Waals surface area contributed by atoms with Crippen molar-refractivity contribution in [2.24, 2.45) is 4.99 Å². The highest BCUT2D eigenvalue weighted by atomic mass is 127. The third kappa shape index (κ3) is 8.02. The molecule has 0 atom stereocenters. The molecule has 0 spiro atoms. The third-order valence-electron chi connectivity index (χ3n) is 4.21. The minimum Gasteiger partial charge on any atom is -0.367 e. The van der Waals surface area contributed by atoms with Crippen molar-refractivity contribution >= 4 is 59.0 Å². The molecule has 1 aromatic rings. The fourth-order valence-electron chi connectivity index (χ4n) is 2.91. The Morgan fingerprint density at radius 2 is 2.04 bits per heavy atom. The first-order valence-corrected chi connectivity index (χ1v) is 9.62. The monoisotopic (exact) mass is 514 g/mol. The molecular formula is C17H29Cl2IN6. The summed E-state index contributed by atoms with van der Waals surface area (Å²) in [7, 11) is 1.80. The smallest absolute Gasteiger partial charge is 0.191 e. The summed E-state index contributed by atoms with van der Waals surface area (Å²) in [6.07, 6.45) is 5.11. The predicted molar refractivity (Wildman–Crippen MR) is 122 cm³/mol. The second kappa shape index (κ2) is 12.8. The molecule has 0 aliphatic carbocycles. The molecule has 0 bridgehead atoms. The highest BCUT2D eigenvalue weighted by molar-refractivity contribution is 14.0. The Hall–Kier alpha value is -0.510. The summed E-state index contributed by atoms with van der Waals surface area (Å²) >= 11 is 11.9. The number of hydrogen-bond acceptors (Lipinski definition) is 4. The molecule has 26 heavy (non-hydrogen) atoms. The van der Waals surface area contributed by atoms with Crippen LogP contribution in [0.15, 0.2) is 17.3 Å². The second-order valence-corrected chi connectivity index (χ2v) is 7.01. The Labute approximate surface area is 183 Å². The topological polar surface area (TPSA) is 64.6 Å². The van der Waals surface area contributed by atoms with E-state index in [1.165, 1.54) is 13.0 Å². The molecule has 148 valence electrons. The van der Waals surface area contributed by atoms with Crippen LogP contribution in [-0.2, 0) is 0 Å². The van der Waals surface area contributed by atoms with Gasteiger partial charge in [0.25, 0.3) is 0 Å². The van der Waals surface area contributed by atoms with Gasteiger partial charge in [-0.2, -0.15) is 0 Å². The lowest BCUT2D eigenvalue weighted by atomic mass is 10.1. The number of rotatable bonds is 7. The van der Waals surface area contributed by atoms with Crippen LogP contribution < -0.4 is 16.0 Å². The van der Waals surface area contributed by atoms with Crippen molar-refractivity contribution in [2.45, 2.75) is 32.2 Å². The highest BCUT2D eigenvalue weighted by Crippen LogP contribution is 2.22. The largest absolute Gasteiger partial charge is 0.367 e. The van der Waals surface area contributed by atoms with Gasteiger partial charge in [0, 0.05) is 45.5 Å². The normalized spacial score (nSPS) is 16.1. The number of guanidine groups is 1. The molecule has 0 radical (unpaired) electrons. The van der Waals surface area contributed by atoms with Crippen LogP contribution in [0.2, 0.25) is 10.0 Å². The average molecular weight is 515 g/mol. The van der Waals surface area contributed by atoms with Crippen LogP contribution >= 0.6 is 47.2 Å². The third-order valence-corrected chi connectivity index (χ3v) is 4.70. The zero-order valence-corrected chi connectivity index (χ0v) is 19.2. The number of aromatic nitrogens is 1. The van der Waals surface area contributed by atoms with Crippen LogP contribution in [0.3, 0.4) is 0 Å². The van der Waals surface area contributed by atoms with Crippen molar-refractivity contribution in [3.63, 3.8) is 0 Å². The van der Waals surface area contributed by atoms with Gasteiger partial charge in [0.2, 0.25) is 0 Å². The number of piperidine rings is 1. The molecule has 1 fully saturated rings. The molecule has 1 aliphatic heterocycles. The lowest BCUT2D eigenvalue weighted by Crippen LogP contribution is -2.49. The summed E-state index contributed by atoms with van der Waals surface area (Å²) in [5.74, 6) is 1.48. The lowest BCUT2D eigenvalue weighted by Gasteiger charge is -2.32. The Kier molecular flexibility index (Phi) is 11.6. The number of aliphatic imine (C=N–C) groups is 1. The van der Waals surface area contributed by atoms with Gasteiger partial charge in [-0.25, -0.2) is 4.98 Å². The second-order valence-electron chi connectivity index (χ2n) is 6.17. The average Bonchev–Trinajstić information content (AvgIpc) is 2.61. The van der Waals surface area contributed by atoms with Gasteiger partial charge < -0.3 is 20.9 Å². The molecule has 1 saturated heterocycles. The zero-order valence-electron chi connectivity index (χ0n) is 15.4. The first kappa shape index (κ1) is 23.5. The van der Waals surface area contributed by atoms with Gasteiger partial charge in [-0.05, 0) is 31.9 Å². The fourth-order valence-corrected chi connectivity index (χ4v) is 3.36. The van der Waals surface area contributed by atoms with Crippen molar-refractivity contribution in [3.05, 3.63) is 22.3 Å². The van der Waals surface area contributed by atoms with E-state index in [2.05, 4.69) is 37.8 Å². The summed E-state index contributed by atoms with van der Waals surface area (Å²) in [6.45, 7) is 7.15. The van der Waals surface area contributed by atoms with Crippen molar-refractivity contribution < 1.29 is 0 Å². The van der Waals surface area contributed by atoms with Crippen molar-refractivity contribution in [1.82, 2.24) is 20.5 Å². The van der Waals surface area contributed by atoms with Gasteiger partial charge in [-0.3, -0.25) is 4.99 Å². The van der Waals surface area contributed by atoms with E-state index in [1.54, 1.807) is 19.3 Å². The van der Waals surface area contributed by atoms with Crippen molar-refractivity contribution in [1.29, 1.82) is 0 Å². The zero-order chi connectivity index (χ0) is 18.1. The summed E-state index contributed by atoms with van der Waals surface area (Å²) < 4.78 is 0. The quantitative estimate of drug-likeness (QED) is 0.225. The lowest BCUT2D eigenvalue weighted by molar-refractivity contribution is 0.206. The SMILES string of the molecule is CCCN1CCC(NC(=NC)NCCNc2ncc(Cl)cc2Cl)CC1.I. The Balaban J connectivity index is 0.00000338. The van der Waals surface area contributed by atoms with E-state index in [1.807, 2.05) is 0 Å². The summed E-state index contributed by atoms with van der Waals surface area (Å²) in [6, 6.07) is 2.16. The van der Waals surface area contributed by atoms with Gasteiger partial charge in [0.1, 0.15) is 5.82 Å². The van der Waals surface area contributed by atoms with Crippen LogP contribution in [0, 0.1) is 0 Å². The Morgan fingerprint density at radius 3 is 2.65 bits per heavy atom. The number of nitrogens with one attached hydrogen (secondary N) is 3. The van der Waals surface area contributed by atoms with Crippen LogP contribution in [0.5, 0.6) is 0 Å². The Bertz CT molecular complexity index is 564. The van der Waals surface area contributed by atoms with Crippen LogP contribution in [-0.4, -0.2) is 61.7 Å². The highest BCUT2D eigenvalue weighted by Gasteiger charge is 2.19. The molecule has 0 aromatic carbocycles. The fraction of sp³-hybridized carbons (Fsp3) is 0.647. The van der Waals surface area contributed by atoms with E-state index in [9.17, 15) is 0 Å². The molecule has 6 nitrogen and oxygen atoms in total. The molecule has 1 aliphatic rings. The van der Waals surface area contributed by atoms with Crippen molar-refractivity contribution in [3.8, 4) is 0 Å². The van der Waals surface area contributed by atoms with Gasteiger partial charge in [0.05, 0.1) is 10.0 Å². The van der Waals surface area contributed by atoms with Crippen LogP contribution in [0.1, 0.15) is 26.2 Å². The molecule has 9 heteroatoms. The van der Waals surface area contributed by atoms with Gasteiger partial charge in [-0.15, -0.1) is 24.0 Å². The van der Waals surface area contributed by atoms with Gasteiger partial charge >= 0.3 is 0 Å². The Morgan fingerprint density at radius 1 is 1.31 bits per heavy atom. The number of halogens is 3. The molecular weight excluding hydrogens is 486 g/mol. The van der Waals surface area contributed by atoms with E-state index in [4.69, 9.17) is 23.2 Å². The van der Waals surface area contributed by atoms with Crippen molar-refractivity contribution in [2.75, 3.05) is 45.1 Å². The number of nitrogens with zero attached hydrogens (tertiary/aromatic N) is 3. The van der Waals surface area contributed by atoms with E-state index >= 15 is 0 Å². The number of anilines is 1. The number of hydrogen-bond donors (Lipinski definition) is 3. The molecule has 3 N–H and O–H groups in total. The molecule has 0 unspecified atom stereocenters. The maximum Gasteiger partial charge on any atom is 0.191 e. The van der Waals surface area contributed by atoms with Gasteiger partial charge in [0.15, 0.2) is 5.96 Å². The first-order valence-electron chi connectivity index (χ1n) is 8.86. The standard InChI is InChI=1S/C17H28Cl2N6.HI/c1-3-8-25-9-4-14(5-10-25)24-17(20-2)22-7-6-21-16-15(19)11-13(18)12-23-16;/h11-12,14H,3-10H2,1-2H3,(H,21,23)(H2,20,22,24);1H. The summed E-state index contributed by atoms with van der Waals surface area (Å²) in [5.41, 5.74) is 0. The molecule has 1 aromatic heterocycles. The van der Waals surface area contributed by atoms with Gasteiger partial charge in [-0.1, -0.05) is 30.1 Å². The minimum absolute atomic E-state index is 0. The molecule has 2 heterocycles.